The maximum atomic E-state index is 11.8. The van der Waals surface area contributed by atoms with E-state index < -0.39 is 0 Å². The molecule has 88 valence electrons. The number of hydrogen-bond acceptors (Lipinski definition) is 3. The molecule has 4 heteroatoms. The predicted molar refractivity (Wildman–Crippen MR) is 70.6 cm³/mol. The molecule has 2 unspecified atom stereocenters. The number of nitrogens with two attached hydrogens (primary N) is 1. The van der Waals surface area contributed by atoms with Gasteiger partial charge in [-0.25, -0.2) is 0 Å². The van der Waals surface area contributed by atoms with Crippen LogP contribution in [0.5, 0.6) is 0 Å². The first kappa shape index (κ1) is 13.1. The number of nitrogens with one attached hydrogen (secondary N) is 1. The molecule has 0 saturated heterocycles. The van der Waals surface area contributed by atoms with Crippen molar-refractivity contribution in [1.29, 1.82) is 0 Å². The summed E-state index contributed by atoms with van der Waals surface area (Å²) in [4.78, 5) is 11.8. The van der Waals surface area contributed by atoms with Gasteiger partial charge in [0.15, 0.2) is 0 Å². The van der Waals surface area contributed by atoms with E-state index in [1.807, 2.05) is 44.2 Å². The van der Waals surface area contributed by atoms with Crippen molar-refractivity contribution in [2.24, 2.45) is 5.73 Å². The summed E-state index contributed by atoms with van der Waals surface area (Å²) in [5, 5.41) is 2.79. The van der Waals surface area contributed by atoms with Crippen molar-refractivity contribution >= 4 is 23.4 Å². The van der Waals surface area contributed by atoms with Crippen molar-refractivity contribution in [3.05, 3.63) is 30.3 Å². The van der Waals surface area contributed by atoms with E-state index in [1.165, 1.54) is 0 Å². The van der Waals surface area contributed by atoms with E-state index in [0.717, 1.165) is 11.4 Å². The van der Waals surface area contributed by atoms with Crippen LogP contribution in [-0.4, -0.2) is 23.0 Å². The lowest BCUT2D eigenvalue weighted by Crippen LogP contribution is -2.26. The third-order valence-electron chi connectivity index (χ3n) is 2.02. The first-order valence-electron chi connectivity index (χ1n) is 5.32. The molecule has 1 amide bonds. The van der Waals surface area contributed by atoms with Gasteiger partial charge in [0.1, 0.15) is 0 Å². The van der Waals surface area contributed by atoms with E-state index in [0.29, 0.717) is 0 Å². The standard InChI is InChI=1S/C12H18N2OS/c1-9(13)8-16-10(2)12(15)14-11-6-4-3-5-7-11/h3-7,9-10H,8,13H2,1-2H3,(H,14,15). The van der Waals surface area contributed by atoms with Gasteiger partial charge in [0.25, 0.3) is 0 Å². The Morgan fingerprint density at radius 1 is 1.38 bits per heavy atom. The summed E-state index contributed by atoms with van der Waals surface area (Å²) >= 11 is 1.57. The zero-order valence-corrected chi connectivity index (χ0v) is 10.5. The highest BCUT2D eigenvalue weighted by atomic mass is 32.2. The summed E-state index contributed by atoms with van der Waals surface area (Å²) in [6, 6.07) is 9.59. The van der Waals surface area contributed by atoms with Gasteiger partial charge in [0.2, 0.25) is 5.91 Å². The Bertz CT molecular complexity index is 327. The van der Waals surface area contributed by atoms with Gasteiger partial charge in [0.05, 0.1) is 5.25 Å². The van der Waals surface area contributed by atoms with Gasteiger partial charge in [0, 0.05) is 17.5 Å². The molecule has 0 heterocycles. The van der Waals surface area contributed by atoms with Crippen LogP contribution in [0.15, 0.2) is 30.3 Å². The minimum absolute atomic E-state index is 0.0249. The predicted octanol–water partition coefficient (Wildman–Crippen LogP) is 2.09. The number of benzene rings is 1. The number of rotatable bonds is 5. The molecule has 0 bridgehead atoms. The summed E-state index contributed by atoms with van der Waals surface area (Å²) in [7, 11) is 0. The van der Waals surface area contributed by atoms with Crippen molar-refractivity contribution in [1.82, 2.24) is 0 Å². The van der Waals surface area contributed by atoms with Crippen LogP contribution in [0.3, 0.4) is 0 Å². The second-order valence-electron chi connectivity index (χ2n) is 3.81. The number of amides is 1. The first-order chi connectivity index (χ1) is 7.59. The summed E-state index contributed by atoms with van der Waals surface area (Å²) in [5.41, 5.74) is 6.47. The fourth-order valence-electron chi connectivity index (χ4n) is 1.14. The number of carbonyl (C=O) groups is 1. The van der Waals surface area contributed by atoms with E-state index >= 15 is 0 Å². The van der Waals surface area contributed by atoms with Crippen LogP contribution in [0.1, 0.15) is 13.8 Å². The molecule has 0 spiro atoms. The van der Waals surface area contributed by atoms with Crippen molar-refractivity contribution in [2.45, 2.75) is 25.1 Å². The SMILES string of the molecule is CC(N)CSC(C)C(=O)Nc1ccccc1. The van der Waals surface area contributed by atoms with Gasteiger partial charge < -0.3 is 11.1 Å². The molecule has 3 N–H and O–H groups in total. The second-order valence-corrected chi connectivity index (χ2v) is 5.18. The zero-order chi connectivity index (χ0) is 12.0. The molecule has 3 nitrogen and oxygen atoms in total. The highest BCUT2D eigenvalue weighted by Crippen LogP contribution is 2.14. The molecule has 0 saturated carbocycles. The fraction of sp³-hybridized carbons (Fsp3) is 0.417. The summed E-state index contributed by atoms with van der Waals surface area (Å²) in [6.07, 6.45) is 0. The Morgan fingerprint density at radius 2 is 2.00 bits per heavy atom. The maximum absolute atomic E-state index is 11.8. The summed E-state index contributed by atoms with van der Waals surface area (Å²) < 4.78 is 0. The normalized spacial score (nSPS) is 14.2. The largest absolute Gasteiger partial charge is 0.327 e. The van der Waals surface area contributed by atoms with Crippen LogP contribution in [-0.2, 0) is 4.79 Å². The lowest BCUT2D eigenvalue weighted by Gasteiger charge is -2.13. The monoisotopic (exact) mass is 238 g/mol. The molecule has 16 heavy (non-hydrogen) atoms. The van der Waals surface area contributed by atoms with Crippen LogP contribution in [0.2, 0.25) is 0 Å². The minimum Gasteiger partial charge on any atom is -0.327 e. The average Bonchev–Trinajstić information content (AvgIpc) is 2.27. The third kappa shape index (κ3) is 4.68. The van der Waals surface area contributed by atoms with Gasteiger partial charge >= 0.3 is 0 Å². The van der Waals surface area contributed by atoms with Crippen LogP contribution >= 0.6 is 11.8 Å². The molecule has 1 rings (SSSR count). The van der Waals surface area contributed by atoms with E-state index in [2.05, 4.69) is 5.32 Å². The number of para-hydroxylation sites is 1. The number of hydrogen-bond donors (Lipinski definition) is 2. The van der Waals surface area contributed by atoms with E-state index in [9.17, 15) is 4.79 Å². The van der Waals surface area contributed by atoms with Crippen LogP contribution in [0, 0.1) is 0 Å². The highest BCUT2D eigenvalue weighted by molar-refractivity contribution is 8.00. The summed E-state index contributed by atoms with van der Waals surface area (Å²) in [5.74, 6) is 0.820. The average molecular weight is 238 g/mol. The lowest BCUT2D eigenvalue weighted by molar-refractivity contribution is -0.115. The number of thioether (sulfide) groups is 1. The van der Waals surface area contributed by atoms with Crippen molar-refractivity contribution in [2.75, 3.05) is 11.1 Å². The van der Waals surface area contributed by atoms with E-state index in [4.69, 9.17) is 5.73 Å². The van der Waals surface area contributed by atoms with Crippen LogP contribution in [0.25, 0.3) is 0 Å². The maximum Gasteiger partial charge on any atom is 0.237 e. The molecule has 0 fully saturated rings. The highest BCUT2D eigenvalue weighted by Gasteiger charge is 2.13. The van der Waals surface area contributed by atoms with Crippen LogP contribution in [0.4, 0.5) is 5.69 Å². The van der Waals surface area contributed by atoms with Gasteiger partial charge in [-0.05, 0) is 26.0 Å². The quantitative estimate of drug-likeness (QED) is 0.826. The first-order valence-corrected chi connectivity index (χ1v) is 6.37. The number of carbonyl (C=O) groups excluding carboxylic acids is 1. The topological polar surface area (TPSA) is 55.1 Å². The lowest BCUT2D eigenvalue weighted by atomic mass is 10.3. The molecule has 0 aliphatic heterocycles. The van der Waals surface area contributed by atoms with Gasteiger partial charge in [-0.15, -0.1) is 11.8 Å². The van der Waals surface area contributed by atoms with Gasteiger partial charge in [-0.2, -0.15) is 0 Å². The molecular formula is C12H18N2OS. The Labute approximate surface area is 101 Å². The van der Waals surface area contributed by atoms with Crippen LogP contribution < -0.4 is 11.1 Å². The Hall–Kier alpha value is -1.00. The Kier molecular flexibility index (Phi) is 5.35. The molecule has 2 atom stereocenters. The zero-order valence-electron chi connectivity index (χ0n) is 9.64. The molecule has 0 radical (unpaired) electrons. The molecule has 1 aromatic carbocycles. The number of anilines is 1. The molecular weight excluding hydrogens is 220 g/mol. The van der Waals surface area contributed by atoms with Gasteiger partial charge in [-0.3, -0.25) is 4.79 Å². The molecule has 1 aromatic rings. The minimum atomic E-state index is -0.0776. The summed E-state index contributed by atoms with van der Waals surface area (Å²) in [6.45, 7) is 3.83. The van der Waals surface area contributed by atoms with Crippen molar-refractivity contribution in [3.63, 3.8) is 0 Å². The molecule has 0 aliphatic carbocycles. The van der Waals surface area contributed by atoms with E-state index in [-0.39, 0.29) is 17.2 Å². The van der Waals surface area contributed by atoms with Crippen molar-refractivity contribution < 1.29 is 4.79 Å². The molecule has 0 aliphatic rings. The van der Waals surface area contributed by atoms with Crippen molar-refractivity contribution in [3.8, 4) is 0 Å². The molecule has 0 aromatic heterocycles. The Morgan fingerprint density at radius 3 is 2.56 bits per heavy atom. The second kappa shape index (κ2) is 6.55. The van der Waals surface area contributed by atoms with E-state index in [1.54, 1.807) is 11.8 Å². The Balaban J connectivity index is 2.40. The van der Waals surface area contributed by atoms with Gasteiger partial charge in [-0.1, -0.05) is 18.2 Å². The smallest absolute Gasteiger partial charge is 0.237 e. The third-order valence-corrected chi connectivity index (χ3v) is 3.45. The fourth-order valence-corrected chi connectivity index (χ4v) is 1.94.